The molecule has 0 N–H and O–H groups in total. The summed E-state index contributed by atoms with van der Waals surface area (Å²) in [7, 11) is 0. The molecule has 3 aromatic heterocycles. The Kier molecular flexibility index (Phi) is 6.66. The molecule has 3 nitrogen and oxygen atoms in total. The zero-order valence-corrected chi connectivity index (χ0v) is 26.2. The van der Waals surface area contributed by atoms with Crippen LogP contribution in [0.4, 0.5) is 0 Å². The monoisotopic (exact) mass is 625 g/mol. The Morgan fingerprint density at radius 2 is 1.09 bits per heavy atom. The molecule has 0 aliphatic heterocycles. The summed E-state index contributed by atoms with van der Waals surface area (Å²) in [4.78, 5) is 9.73. The third-order valence-corrected chi connectivity index (χ3v) is 18.4. The molecule has 5 aromatic carbocycles. The number of aromatic nitrogens is 3. The average molecular weight is 624 g/mol. The number of benzene rings is 5. The number of pyridine rings is 2. The Morgan fingerprint density at radius 1 is 0.432 bits per heavy atom. The van der Waals surface area contributed by atoms with Gasteiger partial charge in [0, 0.05) is 0 Å². The van der Waals surface area contributed by atoms with Gasteiger partial charge < -0.3 is 0 Å². The molecule has 0 radical (unpaired) electrons. The Bertz CT molecular complexity index is 2110. The van der Waals surface area contributed by atoms with Crippen LogP contribution in [0.1, 0.15) is 0 Å². The van der Waals surface area contributed by atoms with Crippen molar-refractivity contribution < 1.29 is 0 Å². The zero-order chi connectivity index (χ0) is 29.3. The molecule has 0 unspecified atom stereocenters. The molecule has 44 heavy (non-hydrogen) atoms. The van der Waals surface area contributed by atoms with Gasteiger partial charge in [0.15, 0.2) is 0 Å². The molecule has 0 bridgehead atoms. The van der Waals surface area contributed by atoms with Crippen molar-refractivity contribution in [3.63, 3.8) is 0 Å². The van der Waals surface area contributed by atoms with Crippen LogP contribution in [0.15, 0.2) is 176 Å². The van der Waals surface area contributed by atoms with Crippen LogP contribution in [0.5, 0.6) is 0 Å². The van der Waals surface area contributed by atoms with Crippen LogP contribution in [0.3, 0.4) is 0 Å². The molecular formula is C40H29GeN3. The molecule has 0 spiro atoms. The summed E-state index contributed by atoms with van der Waals surface area (Å²) in [6.07, 6.45) is 3.80. The van der Waals surface area contributed by atoms with Gasteiger partial charge in [0.2, 0.25) is 0 Å². The standard InChI is InChI=1S/C40H29GeN3/c1-3-15-31(16-4-1)41(32-17-5-2-6-18-32,40-23-10-12-27-43-40)33-24-25-36-35-20-7-8-22-38(35)44(39(36)29-33)34-19-13-14-30(28-34)37-21-9-11-26-42-37/h1-29H. The SMILES string of the molecule is c1cc[c]([Ge]([c]2ccccc2)([c]2ccc3c4ccccc4n(-c4cccc(-c5ccccn5)c4)c3c2)[c]2ccccn2)cc1. The van der Waals surface area contributed by atoms with Gasteiger partial charge in [0.25, 0.3) is 0 Å². The van der Waals surface area contributed by atoms with E-state index < -0.39 is 13.3 Å². The Labute approximate surface area is 259 Å². The summed E-state index contributed by atoms with van der Waals surface area (Å²) in [6.45, 7) is 0. The van der Waals surface area contributed by atoms with Crippen molar-refractivity contribution in [3.8, 4) is 16.9 Å². The van der Waals surface area contributed by atoms with Gasteiger partial charge in [-0.3, -0.25) is 0 Å². The van der Waals surface area contributed by atoms with E-state index in [4.69, 9.17) is 4.98 Å². The molecule has 0 atom stereocenters. The quantitative estimate of drug-likeness (QED) is 0.195. The van der Waals surface area contributed by atoms with Crippen molar-refractivity contribution >= 4 is 52.8 Å². The van der Waals surface area contributed by atoms with Crippen LogP contribution in [0.25, 0.3) is 38.8 Å². The summed E-state index contributed by atoms with van der Waals surface area (Å²) in [5.74, 6) is 0. The van der Waals surface area contributed by atoms with Crippen molar-refractivity contribution in [3.05, 3.63) is 176 Å². The van der Waals surface area contributed by atoms with Gasteiger partial charge in [-0.15, -0.1) is 0 Å². The molecule has 4 heteroatoms. The second kappa shape index (κ2) is 11.1. The summed E-state index contributed by atoms with van der Waals surface area (Å²) in [5, 5.41) is 2.48. The van der Waals surface area contributed by atoms with E-state index in [1.165, 1.54) is 39.5 Å². The molecule has 0 saturated heterocycles. The Morgan fingerprint density at radius 3 is 1.80 bits per heavy atom. The maximum atomic E-state index is 5.10. The molecule has 0 fully saturated rings. The number of rotatable bonds is 6. The predicted octanol–water partition coefficient (Wildman–Crippen LogP) is 6.62. The van der Waals surface area contributed by atoms with E-state index >= 15 is 0 Å². The van der Waals surface area contributed by atoms with Gasteiger partial charge in [0.1, 0.15) is 0 Å². The number of nitrogens with zero attached hydrogens (tertiary/aromatic N) is 3. The summed E-state index contributed by atoms with van der Waals surface area (Å²) in [6, 6.07) is 59.1. The molecule has 0 amide bonds. The second-order valence-corrected chi connectivity index (χ2v) is 18.9. The topological polar surface area (TPSA) is 30.7 Å². The van der Waals surface area contributed by atoms with Crippen molar-refractivity contribution in [1.82, 2.24) is 14.5 Å². The van der Waals surface area contributed by atoms with Gasteiger partial charge in [-0.05, 0) is 0 Å². The van der Waals surface area contributed by atoms with Crippen LogP contribution < -0.4 is 17.7 Å². The molecule has 3 heterocycles. The second-order valence-electron chi connectivity index (χ2n) is 11.0. The van der Waals surface area contributed by atoms with E-state index in [0.717, 1.165) is 16.9 Å². The minimum absolute atomic E-state index is 0.966. The fraction of sp³-hybridized carbons (Fsp3) is 0. The van der Waals surface area contributed by atoms with E-state index in [2.05, 4.69) is 155 Å². The third kappa shape index (κ3) is 4.28. The maximum absolute atomic E-state index is 5.10. The van der Waals surface area contributed by atoms with E-state index in [1.54, 1.807) is 0 Å². The number of hydrogen-bond donors (Lipinski definition) is 0. The van der Waals surface area contributed by atoms with Crippen LogP contribution in [0, 0.1) is 0 Å². The number of para-hydroxylation sites is 1. The first kappa shape index (κ1) is 26.4. The number of hydrogen-bond acceptors (Lipinski definition) is 2. The third-order valence-electron chi connectivity index (χ3n) is 8.63. The molecule has 8 aromatic rings. The van der Waals surface area contributed by atoms with Crippen LogP contribution in [0.2, 0.25) is 0 Å². The summed E-state index contributed by atoms with van der Waals surface area (Å²) < 4.78 is 7.65. The number of fused-ring (bicyclic) bond motifs is 3. The molecular weight excluding hydrogens is 595 g/mol. The summed E-state index contributed by atoms with van der Waals surface area (Å²) >= 11 is -3.54. The van der Waals surface area contributed by atoms with Crippen LogP contribution in [-0.4, -0.2) is 27.8 Å². The fourth-order valence-electron chi connectivity index (χ4n) is 6.72. The van der Waals surface area contributed by atoms with E-state index in [-0.39, 0.29) is 0 Å². The first-order chi connectivity index (χ1) is 21.8. The van der Waals surface area contributed by atoms with Gasteiger partial charge in [-0.25, -0.2) is 0 Å². The van der Waals surface area contributed by atoms with Gasteiger partial charge in [-0.1, -0.05) is 0 Å². The molecule has 8 rings (SSSR count). The predicted molar refractivity (Wildman–Crippen MR) is 185 cm³/mol. The van der Waals surface area contributed by atoms with Crippen molar-refractivity contribution in [1.29, 1.82) is 0 Å². The average Bonchev–Trinajstić information content (AvgIpc) is 3.44. The minimum atomic E-state index is -3.54. The fourth-order valence-corrected chi connectivity index (χ4v) is 16.3. The van der Waals surface area contributed by atoms with E-state index in [0.29, 0.717) is 0 Å². The van der Waals surface area contributed by atoms with Crippen molar-refractivity contribution in [2.45, 2.75) is 0 Å². The molecule has 0 aliphatic carbocycles. The first-order valence-corrected chi connectivity index (χ1v) is 19.1. The first-order valence-electron chi connectivity index (χ1n) is 14.9. The van der Waals surface area contributed by atoms with Crippen LogP contribution >= 0.6 is 0 Å². The van der Waals surface area contributed by atoms with Gasteiger partial charge in [-0.2, -0.15) is 0 Å². The normalized spacial score (nSPS) is 11.6. The van der Waals surface area contributed by atoms with Crippen LogP contribution in [-0.2, 0) is 0 Å². The Balaban J connectivity index is 1.46. The summed E-state index contributed by atoms with van der Waals surface area (Å²) in [5.41, 5.74) is 5.56. The van der Waals surface area contributed by atoms with Crippen molar-refractivity contribution in [2.24, 2.45) is 0 Å². The van der Waals surface area contributed by atoms with E-state index in [9.17, 15) is 0 Å². The Hall–Kier alpha value is -5.26. The molecule has 0 saturated carbocycles. The van der Waals surface area contributed by atoms with E-state index in [1.807, 2.05) is 30.6 Å². The zero-order valence-electron chi connectivity index (χ0n) is 24.1. The molecule has 208 valence electrons. The van der Waals surface area contributed by atoms with Gasteiger partial charge >= 0.3 is 260 Å². The van der Waals surface area contributed by atoms with Gasteiger partial charge in [0.05, 0.1) is 0 Å². The van der Waals surface area contributed by atoms with Crippen molar-refractivity contribution in [2.75, 3.05) is 0 Å². The molecule has 0 aliphatic rings.